The smallest absolute Gasteiger partial charge is 0.278 e. The number of aromatic nitrogens is 4. The van der Waals surface area contributed by atoms with Gasteiger partial charge in [0.1, 0.15) is 0 Å². The molecule has 0 saturated heterocycles. The van der Waals surface area contributed by atoms with Gasteiger partial charge in [-0.3, -0.25) is 9.78 Å². The van der Waals surface area contributed by atoms with E-state index >= 15 is 0 Å². The molecule has 2 aromatic heterocycles. The predicted octanol–water partition coefficient (Wildman–Crippen LogP) is 3.77. The van der Waals surface area contributed by atoms with Gasteiger partial charge >= 0.3 is 6.18 Å². The van der Waals surface area contributed by atoms with Crippen molar-refractivity contribution in [1.82, 2.24) is 20.0 Å². The van der Waals surface area contributed by atoms with E-state index in [9.17, 15) is 13.2 Å². The first kappa shape index (κ1) is 13.7. The number of aryl methyl sites for hydroxylation is 1. The second-order valence-electron chi connectivity index (χ2n) is 4.81. The lowest BCUT2D eigenvalue weighted by Crippen LogP contribution is -2.05. The number of H-pyrrole nitrogens is 1. The van der Waals surface area contributed by atoms with E-state index in [1.807, 2.05) is 13.8 Å². The summed E-state index contributed by atoms with van der Waals surface area (Å²) in [5.41, 5.74) is 1.68. The molecule has 1 aromatic carbocycles. The first-order chi connectivity index (χ1) is 9.91. The summed E-state index contributed by atoms with van der Waals surface area (Å²) in [5.74, 6) is 0. The highest BCUT2D eigenvalue weighted by Gasteiger charge is 2.32. The average Bonchev–Trinajstić information content (AvgIpc) is 3.02. The third-order valence-electron chi connectivity index (χ3n) is 3.58. The quantitative estimate of drug-likeness (QED) is 0.782. The molecule has 0 unspecified atom stereocenters. The Balaban J connectivity index is 2.30. The molecule has 3 aromatic rings. The van der Waals surface area contributed by atoms with Gasteiger partial charge in [-0.25, -0.2) is 0 Å². The van der Waals surface area contributed by atoms with E-state index < -0.39 is 11.7 Å². The van der Waals surface area contributed by atoms with Crippen LogP contribution in [0.2, 0.25) is 0 Å². The minimum Gasteiger partial charge on any atom is -0.278 e. The molecule has 0 amide bonds. The fourth-order valence-electron chi connectivity index (χ4n) is 2.47. The van der Waals surface area contributed by atoms with E-state index in [1.165, 1.54) is 6.20 Å². The summed E-state index contributed by atoms with van der Waals surface area (Å²) in [5, 5.41) is 11.3. The summed E-state index contributed by atoms with van der Waals surface area (Å²) in [4.78, 5) is 0. The van der Waals surface area contributed by atoms with Crippen molar-refractivity contribution >= 4 is 10.9 Å². The van der Waals surface area contributed by atoms with E-state index in [1.54, 1.807) is 10.9 Å². The molecule has 110 valence electrons. The summed E-state index contributed by atoms with van der Waals surface area (Å²) in [6.45, 7) is 4.45. The number of hydrogen-bond donors (Lipinski definition) is 1. The van der Waals surface area contributed by atoms with Crippen LogP contribution in [0.4, 0.5) is 13.2 Å². The van der Waals surface area contributed by atoms with Crippen LogP contribution in [0, 0.1) is 6.92 Å². The number of fused-ring (bicyclic) bond motifs is 1. The Hall–Kier alpha value is -2.31. The number of benzene rings is 1. The van der Waals surface area contributed by atoms with E-state index in [0.29, 0.717) is 28.6 Å². The van der Waals surface area contributed by atoms with Crippen molar-refractivity contribution in [1.29, 1.82) is 0 Å². The minimum atomic E-state index is -4.40. The van der Waals surface area contributed by atoms with Crippen LogP contribution in [0.1, 0.15) is 18.2 Å². The second-order valence-corrected chi connectivity index (χ2v) is 4.81. The van der Waals surface area contributed by atoms with Gasteiger partial charge in [0.15, 0.2) is 0 Å². The largest absolute Gasteiger partial charge is 0.416 e. The molecule has 3 rings (SSSR count). The first-order valence-corrected chi connectivity index (χ1v) is 6.49. The zero-order valence-electron chi connectivity index (χ0n) is 11.5. The van der Waals surface area contributed by atoms with Gasteiger partial charge in [0, 0.05) is 23.2 Å². The highest BCUT2D eigenvalue weighted by Crippen LogP contribution is 2.37. The zero-order chi connectivity index (χ0) is 15.2. The molecule has 0 saturated carbocycles. The monoisotopic (exact) mass is 294 g/mol. The van der Waals surface area contributed by atoms with Crippen molar-refractivity contribution in [2.75, 3.05) is 0 Å². The summed E-state index contributed by atoms with van der Waals surface area (Å²) in [6.07, 6.45) is -1.27. The van der Waals surface area contributed by atoms with Crippen LogP contribution in [0.5, 0.6) is 0 Å². The standard InChI is InChI=1S/C14H13F3N4/c1-3-21-8(2)11(7-19-21)10-4-9(14(15,16)17)5-13-12(10)6-18-20-13/h4-7H,3H2,1-2H3,(H,18,20). The summed E-state index contributed by atoms with van der Waals surface area (Å²) in [6, 6.07) is 2.23. The summed E-state index contributed by atoms with van der Waals surface area (Å²) in [7, 11) is 0. The number of hydrogen-bond acceptors (Lipinski definition) is 2. The third-order valence-corrected chi connectivity index (χ3v) is 3.58. The van der Waals surface area contributed by atoms with Gasteiger partial charge in [-0.05, 0) is 31.5 Å². The van der Waals surface area contributed by atoms with E-state index in [0.717, 1.165) is 17.8 Å². The Morgan fingerprint density at radius 3 is 2.57 bits per heavy atom. The Morgan fingerprint density at radius 1 is 1.19 bits per heavy atom. The van der Waals surface area contributed by atoms with Crippen LogP contribution in [0.25, 0.3) is 22.0 Å². The lowest BCUT2D eigenvalue weighted by atomic mass is 9.99. The van der Waals surface area contributed by atoms with Crippen LogP contribution in [0.3, 0.4) is 0 Å². The summed E-state index contributed by atoms with van der Waals surface area (Å²) >= 11 is 0. The molecule has 0 aliphatic rings. The van der Waals surface area contributed by atoms with Crippen LogP contribution < -0.4 is 0 Å². The normalized spacial score (nSPS) is 12.2. The first-order valence-electron chi connectivity index (χ1n) is 6.49. The Kier molecular flexibility index (Phi) is 3.00. The molecule has 2 heterocycles. The van der Waals surface area contributed by atoms with E-state index in [2.05, 4.69) is 15.3 Å². The highest BCUT2D eigenvalue weighted by molar-refractivity contribution is 5.95. The highest BCUT2D eigenvalue weighted by atomic mass is 19.4. The Bertz CT molecular complexity index is 798. The molecule has 0 atom stereocenters. The van der Waals surface area contributed by atoms with Gasteiger partial charge in [-0.2, -0.15) is 23.4 Å². The van der Waals surface area contributed by atoms with Crippen LogP contribution in [0.15, 0.2) is 24.5 Å². The maximum Gasteiger partial charge on any atom is 0.416 e. The number of aromatic amines is 1. The molecule has 1 N–H and O–H groups in total. The lowest BCUT2D eigenvalue weighted by Gasteiger charge is -2.10. The minimum absolute atomic E-state index is 0.364. The molecule has 0 bridgehead atoms. The van der Waals surface area contributed by atoms with Crippen molar-refractivity contribution in [3.05, 3.63) is 35.8 Å². The molecular weight excluding hydrogens is 281 g/mol. The topological polar surface area (TPSA) is 46.5 Å². The number of nitrogens with one attached hydrogen (secondary N) is 1. The molecule has 0 radical (unpaired) electrons. The zero-order valence-corrected chi connectivity index (χ0v) is 11.5. The van der Waals surface area contributed by atoms with E-state index in [4.69, 9.17) is 0 Å². The van der Waals surface area contributed by atoms with Crippen LogP contribution in [-0.2, 0) is 12.7 Å². The maximum absolute atomic E-state index is 13.0. The number of alkyl halides is 3. The molecule has 0 aliphatic heterocycles. The molecule has 0 aliphatic carbocycles. The fourth-order valence-corrected chi connectivity index (χ4v) is 2.47. The van der Waals surface area contributed by atoms with Crippen molar-refractivity contribution in [3.63, 3.8) is 0 Å². The summed E-state index contributed by atoms with van der Waals surface area (Å²) < 4.78 is 40.9. The van der Waals surface area contributed by atoms with Gasteiger partial charge < -0.3 is 0 Å². The lowest BCUT2D eigenvalue weighted by molar-refractivity contribution is -0.137. The molecule has 21 heavy (non-hydrogen) atoms. The Morgan fingerprint density at radius 2 is 1.95 bits per heavy atom. The van der Waals surface area contributed by atoms with E-state index in [-0.39, 0.29) is 0 Å². The second kappa shape index (κ2) is 4.61. The maximum atomic E-state index is 13.0. The van der Waals surface area contributed by atoms with Gasteiger partial charge in [-0.1, -0.05) is 0 Å². The van der Waals surface area contributed by atoms with Crippen LogP contribution in [-0.4, -0.2) is 20.0 Å². The van der Waals surface area contributed by atoms with Crippen molar-refractivity contribution in [2.24, 2.45) is 0 Å². The molecule has 7 heteroatoms. The van der Waals surface area contributed by atoms with Gasteiger partial charge in [-0.15, -0.1) is 0 Å². The van der Waals surface area contributed by atoms with Gasteiger partial charge in [0.2, 0.25) is 0 Å². The van der Waals surface area contributed by atoms with Crippen molar-refractivity contribution in [2.45, 2.75) is 26.6 Å². The average molecular weight is 294 g/mol. The SMILES string of the molecule is CCn1ncc(-c2cc(C(F)(F)F)cc3[nH]ncc23)c1C. The number of halogens is 3. The van der Waals surface area contributed by atoms with Crippen molar-refractivity contribution in [3.8, 4) is 11.1 Å². The molecule has 0 spiro atoms. The third kappa shape index (κ3) is 2.18. The predicted molar refractivity (Wildman–Crippen MR) is 72.7 cm³/mol. The number of nitrogens with zero attached hydrogens (tertiary/aromatic N) is 3. The fraction of sp³-hybridized carbons (Fsp3) is 0.286. The Labute approximate surface area is 118 Å². The molecule has 4 nitrogen and oxygen atoms in total. The van der Waals surface area contributed by atoms with Crippen molar-refractivity contribution < 1.29 is 13.2 Å². The molecule has 0 fully saturated rings. The molecular formula is C14H13F3N4. The van der Waals surface area contributed by atoms with Gasteiger partial charge in [0.05, 0.1) is 23.5 Å². The number of rotatable bonds is 2. The van der Waals surface area contributed by atoms with Crippen LogP contribution >= 0.6 is 0 Å². The van der Waals surface area contributed by atoms with Gasteiger partial charge in [0.25, 0.3) is 0 Å².